The van der Waals surface area contributed by atoms with E-state index < -0.39 is 0 Å². The van der Waals surface area contributed by atoms with Crippen molar-refractivity contribution in [2.45, 2.75) is 46.0 Å². The van der Waals surface area contributed by atoms with Crippen LogP contribution in [0.15, 0.2) is 24.3 Å². The van der Waals surface area contributed by atoms with E-state index in [0.717, 1.165) is 12.3 Å². The Balaban J connectivity index is 2.77. The third-order valence-electron chi connectivity index (χ3n) is 3.17. The molecule has 1 aromatic rings. The monoisotopic (exact) mass is 238 g/mol. The Morgan fingerprint density at radius 3 is 2.19 bits per heavy atom. The fourth-order valence-corrected chi connectivity index (χ4v) is 2.46. The average molecular weight is 239 g/mol. The minimum Gasteiger partial charge on any atom is -0.127 e. The van der Waals surface area contributed by atoms with Crippen molar-refractivity contribution in [2.75, 3.05) is 5.88 Å². The van der Waals surface area contributed by atoms with Crippen molar-refractivity contribution in [3.8, 4) is 0 Å². The second kappa shape index (κ2) is 6.96. The molecule has 0 aliphatic heterocycles. The highest BCUT2D eigenvalue weighted by Crippen LogP contribution is 2.28. The molecule has 0 radical (unpaired) electrons. The largest absolute Gasteiger partial charge is 0.127 e. The number of hydrogen-bond acceptors (Lipinski definition) is 0. The summed E-state index contributed by atoms with van der Waals surface area (Å²) in [6, 6.07) is 9.09. The van der Waals surface area contributed by atoms with Crippen LogP contribution in [-0.4, -0.2) is 5.88 Å². The molecule has 0 heterocycles. The third kappa shape index (κ3) is 3.83. The van der Waals surface area contributed by atoms with E-state index in [0.29, 0.717) is 11.8 Å². The van der Waals surface area contributed by atoms with Crippen LogP contribution in [0, 0.1) is 5.92 Å². The summed E-state index contributed by atoms with van der Waals surface area (Å²) < 4.78 is 0. The van der Waals surface area contributed by atoms with Crippen molar-refractivity contribution in [1.82, 2.24) is 0 Å². The van der Waals surface area contributed by atoms with Crippen molar-refractivity contribution in [3.63, 3.8) is 0 Å². The van der Waals surface area contributed by atoms with Crippen LogP contribution >= 0.6 is 11.6 Å². The standard InChI is InChI=1S/C15H23Cl/c1-4-5-13-6-8-14(9-7-13)15(10-11-16)12(2)3/h6-9,12,15H,4-5,10-11H2,1-3H3. The first-order valence-corrected chi connectivity index (χ1v) is 6.87. The van der Waals surface area contributed by atoms with Crippen LogP contribution in [0.25, 0.3) is 0 Å². The summed E-state index contributed by atoms with van der Waals surface area (Å²) >= 11 is 5.87. The second-order valence-corrected chi connectivity index (χ2v) is 5.20. The number of alkyl halides is 1. The van der Waals surface area contributed by atoms with Crippen molar-refractivity contribution >= 4 is 11.6 Å². The Labute approximate surface area is 105 Å². The first kappa shape index (κ1) is 13.6. The van der Waals surface area contributed by atoms with E-state index >= 15 is 0 Å². The maximum absolute atomic E-state index is 5.87. The van der Waals surface area contributed by atoms with Gasteiger partial charge in [0, 0.05) is 5.88 Å². The SMILES string of the molecule is CCCc1ccc(C(CCCl)C(C)C)cc1. The van der Waals surface area contributed by atoms with E-state index in [9.17, 15) is 0 Å². The van der Waals surface area contributed by atoms with Crippen LogP contribution in [-0.2, 0) is 6.42 Å². The topological polar surface area (TPSA) is 0 Å². The molecule has 0 amide bonds. The molecule has 0 aliphatic rings. The summed E-state index contributed by atoms with van der Waals surface area (Å²) in [5, 5.41) is 0. The zero-order valence-electron chi connectivity index (χ0n) is 10.7. The lowest BCUT2D eigenvalue weighted by molar-refractivity contribution is 0.487. The summed E-state index contributed by atoms with van der Waals surface area (Å²) in [5.74, 6) is 2.02. The molecule has 0 saturated carbocycles. The molecule has 1 rings (SSSR count). The van der Waals surface area contributed by atoms with Crippen LogP contribution < -0.4 is 0 Å². The molecule has 0 saturated heterocycles. The molecule has 0 aromatic heterocycles. The normalized spacial score (nSPS) is 13.1. The van der Waals surface area contributed by atoms with E-state index in [2.05, 4.69) is 45.0 Å². The van der Waals surface area contributed by atoms with Crippen LogP contribution in [0.1, 0.15) is 50.7 Å². The molecule has 0 nitrogen and oxygen atoms in total. The minimum absolute atomic E-state index is 0.605. The molecule has 0 fully saturated rings. The third-order valence-corrected chi connectivity index (χ3v) is 3.39. The Hall–Kier alpha value is -0.490. The van der Waals surface area contributed by atoms with Crippen molar-refractivity contribution in [3.05, 3.63) is 35.4 Å². The molecule has 90 valence electrons. The molecule has 1 heteroatoms. The number of rotatable bonds is 6. The summed E-state index contributed by atoms with van der Waals surface area (Å²) in [7, 11) is 0. The first-order chi connectivity index (χ1) is 7.69. The van der Waals surface area contributed by atoms with Crippen molar-refractivity contribution in [2.24, 2.45) is 5.92 Å². The predicted molar refractivity (Wildman–Crippen MR) is 73.4 cm³/mol. The molecular formula is C15H23Cl. The van der Waals surface area contributed by atoms with Gasteiger partial charge in [0.05, 0.1) is 0 Å². The van der Waals surface area contributed by atoms with E-state index in [1.165, 1.54) is 24.0 Å². The van der Waals surface area contributed by atoms with Gasteiger partial charge in [0.1, 0.15) is 0 Å². The van der Waals surface area contributed by atoms with Crippen LogP contribution in [0.3, 0.4) is 0 Å². The average Bonchev–Trinajstić information content (AvgIpc) is 2.27. The molecule has 0 spiro atoms. The lowest BCUT2D eigenvalue weighted by atomic mass is 9.86. The summed E-state index contributed by atoms with van der Waals surface area (Å²) in [6.07, 6.45) is 3.48. The first-order valence-electron chi connectivity index (χ1n) is 6.33. The van der Waals surface area contributed by atoms with Gasteiger partial charge in [-0.05, 0) is 35.8 Å². The van der Waals surface area contributed by atoms with Gasteiger partial charge in [-0.15, -0.1) is 11.6 Å². The number of hydrogen-bond donors (Lipinski definition) is 0. The number of benzene rings is 1. The molecule has 0 aliphatic carbocycles. The Kier molecular flexibility index (Phi) is 5.90. The summed E-state index contributed by atoms with van der Waals surface area (Å²) in [4.78, 5) is 0. The quantitative estimate of drug-likeness (QED) is 0.612. The van der Waals surface area contributed by atoms with Gasteiger partial charge in [-0.25, -0.2) is 0 Å². The Morgan fingerprint density at radius 2 is 1.75 bits per heavy atom. The summed E-state index contributed by atoms with van der Waals surface area (Å²) in [6.45, 7) is 6.77. The minimum atomic E-state index is 0.605. The zero-order chi connectivity index (χ0) is 12.0. The maximum atomic E-state index is 5.87. The van der Waals surface area contributed by atoms with E-state index in [1.54, 1.807) is 0 Å². The van der Waals surface area contributed by atoms with Gasteiger partial charge in [0.2, 0.25) is 0 Å². The van der Waals surface area contributed by atoms with Gasteiger partial charge in [-0.3, -0.25) is 0 Å². The molecule has 1 unspecified atom stereocenters. The van der Waals surface area contributed by atoms with Gasteiger partial charge in [-0.2, -0.15) is 0 Å². The Bertz CT molecular complexity index is 287. The molecule has 1 atom stereocenters. The smallest absolute Gasteiger partial charge is 0.0229 e. The molecule has 1 aromatic carbocycles. The van der Waals surface area contributed by atoms with E-state index in [4.69, 9.17) is 11.6 Å². The van der Waals surface area contributed by atoms with E-state index in [-0.39, 0.29) is 0 Å². The highest BCUT2D eigenvalue weighted by molar-refractivity contribution is 6.17. The molecule has 0 N–H and O–H groups in total. The van der Waals surface area contributed by atoms with Crippen LogP contribution in [0.4, 0.5) is 0 Å². The highest BCUT2D eigenvalue weighted by Gasteiger charge is 2.14. The molecular weight excluding hydrogens is 216 g/mol. The van der Waals surface area contributed by atoms with Gasteiger partial charge >= 0.3 is 0 Å². The Morgan fingerprint density at radius 1 is 1.12 bits per heavy atom. The number of halogens is 1. The van der Waals surface area contributed by atoms with Gasteiger partial charge < -0.3 is 0 Å². The second-order valence-electron chi connectivity index (χ2n) is 4.82. The lowest BCUT2D eigenvalue weighted by Gasteiger charge is -2.20. The highest BCUT2D eigenvalue weighted by atomic mass is 35.5. The van der Waals surface area contributed by atoms with E-state index in [1.807, 2.05) is 0 Å². The maximum Gasteiger partial charge on any atom is 0.0229 e. The molecule has 16 heavy (non-hydrogen) atoms. The molecule has 0 bridgehead atoms. The van der Waals surface area contributed by atoms with Crippen LogP contribution in [0.2, 0.25) is 0 Å². The van der Waals surface area contributed by atoms with Gasteiger partial charge in [0.25, 0.3) is 0 Å². The fraction of sp³-hybridized carbons (Fsp3) is 0.600. The van der Waals surface area contributed by atoms with Crippen LogP contribution in [0.5, 0.6) is 0 Å². The summed E-state index contributed by atoms with van der Waals surface area (Å²) in [5.41, 5.74) is 2.88. The van der Waals surface area contributed by atoms with Crippen molar-refractivity contribution in [1.29, 1.82) is 0 Å². The fourth-order valence-electron chi connectivity index (χ4n) is 2.22. The lowest BCUT2D eigenvalue weighted by Crippen LogP contribution is -2.07. The zero-order valence-corrected chi connectivity index (χ0v) is 11.4. The predicted octanol–water partition coefficient (Wildman–Crippen LogP) is 5.01. The van der Waals surface area contributed by atoms with Crippen molar-refractivity contribution < 1.29 is 0 Å². The van der Waals surface area contributed by atoms with Gasteiger partial charge in [-0.1, -0.05) is 51.5 Å². The number of aryl methyl sites for hydroxylation is 1. The van der Waals surface area contributed by atoms with Gasteiger partial charge in [0.15, 0.2) is 0 Å².